The van der Waals surface area contributed by atoms with Crippen LogP contribution in [0.25, 0.3) is 0 Å². The van der Waals surface area contributed by atoms with Crippen LogP contribution in [0.2, 0.25) is 5.02 Å². The summed E-state index contributed by atoms with van der Waals surface area (Å²) in [6.45, 7) is 1.86. The molecule has 0 unspecified atom stereocenters. The third-order valence-corrected chi connectivity index (χ3v) is 2.51. The van der Waals surface area contributed by atoms with Gasteiger partial charge in [0.1, 0.15) is 0 Å². The van der Waals surface area contributed by atoms with Gasteiger partial charge in [-0.25, -0.2) is 4.79 Å². The number of carbonyl (C=O) groups is 1. The minimum atomic E-state index is -0.303. The lowest BCUT2D eigenvalue weighted by molar-refractivity contribution is 0.262. The zero-order chi connectivity index (χ0) is 13.0. The first kappa shape index (κ1) is 12.4. The van der Waals surface area contributed by atoms with Crippen LogP contribution in [-0.2, 0) is 0 Å². The quantitative estimate of drug-likeness (QED) is 0.866. The molecule has 18 heavy (non-hydrogen) atoms. The van der Waals surface area contributed by atoms with Crippen LogP contribution in [0.3, 0.4) is 0 Å². The molecule has 0 bridgehead atoms. The Kier molecular flexibility index (Phi) is 3.79. The first-order valence-electron chi connectivity index (χ1n) is 5.40. The van der Waals surface area contributed by atoms with Gasteiger partial charge < -0.3 is 10.6 Å². The summed E-state index contributed by atoms with van der Waals surface area (Å²) in [5.74, 6) is 0. The predicted octanol–water partition coefficient (Wildman–Crippen LogP) is 3.69. The van der Waals surface area contributed by atoms with Crippen LogP contribution in [0.15, 0.2) is 42.6 Å². The molecule has 2 amide bonds. The summed E-state index contributed by atoms with van der Waals surface area (Å²) in [7, 11) is 0. The van der Waals surface area contributed by atoms with E-state index in [0.29, 0.717) is 16.4 Å². The summed E-state index contributed by atoms with van der Waals surface area (Å²) in [5, 5.41) is 6.06. The fourth-order valence-corrected chi connectivity index (χ4v) is 1.58. The highest BCUT2D eigenvalue weighted by molar-refractivity contribution is 6.30. The zero-order valence-electron chi connectivity index (χ0n) is 9.77. The first-order valence-corrected chi connectivity index (χ1v) is 5.77. The molecule has 0 spiro atoms. The van der Waals surface area contributed by atoms with E-state index in [1.165, 1.54) is 0 Å². The minimum absolute atomic E-state index is 0.303. The maximum atomic E-state index is 11.7. The van der Waals surface area contributed by atoms with Gasteiger partial charge in [0, 0.05) is 28.3 Å². The maximum absolute atomic E-state index is 11.7. The number of nitrogens with zero attached hydrogens (tertiary/aromatic N) is 1. The summed E-state index contributed by atoms with van der Waals surface area (Å²) in [6.07, 6.45) is 1.65. The fourth-order valence-electron chi connectivity index (χ4n) is 1.45. The number of urea groups is 1. The molecule has 2 N–H and O–H groups in total. The Bertz CT molecular complexity index is 554. The van der Waals surface area contributed by atoms with Crippen LogP contribution < -0.4 is 10.6 Å². The summed E-state index contributed by atoms with van der Waals surface area (Å²) >= 11 is 5.76. The lowest BCUT2D eigenvalue weighted by Crippen LogP contribution is -2.19. The second-order valence-electron chi connectivity index (χ2n) is 3.77. The molecular weight excluding hydrogens is 250 g/mol. The van der Waals surface area contributed by atoms with Crippen LogP contribution in [0.1, 0.15) is 5.69 Å². The van der Waals surface area contributed by atoms with E-state index in [2.05, 4.69) is 15.6 Å². The van der Waals surface area contributed by atoms with Crippen molar-refractivity contribution >= 4 is 29.0 Å². The molecule has 0 aliphatic rings. The lowest BCUT2D eigenvalue weighted by atomic mass is 10.3. The van der Waals surface area contributed by atoms with Crippen molar-refractivity contribution in [3.05, 3.63) is 53.3 Å². The van der Waals surface area contributed by atoms with Gasteiger partial charge in [-0.15, -0.1) is 0 Å². The third-order valence-electron chi connectivity index (χ3n) is 2.26. The number of halogens is 1. The second-order valence-corrected chi connectivity index (χ2v) is 4.21. The summed E-state index contributed by atoms with van der Waals surface area (Å²) in [5.41, 5.74) is 2.23. The van der Waals surface area contributed by atoms with Crippen LogP contribution in [-0.4, -0.2) is 11.0 Å². The number of nitrogens with one attached hydrogen (secondary N) is 2. The zero-order valence-corrected chi connectivity index (χ0v) is 10.5. The number of hydrogen-bond acceptors (Lipinski definition) is 2. The Balaban J connectivity index is 1.98. The standard InChI is InChI=1S/C13H12ClN3O/c1-9-8-12(6-7-15-9)17-13(18)16-11-4-2-10(14)3-5-11/h2-8H,1H3,(H2,15,16,17,18). The monoisotopic (exact) mass is 261 g/mol. The van der Waals surface area contributed by atoms with E-state index in [4.69, 9.17) is 11.6 Å². The normalized spacial score (nSPS) is 9.89. The van der Waals surface area contributed by atoms with Gasteiger partial charge in [-0.05, 0) is 43.3 Å². The molecule has 2 rings (SSSR count). The van der Waals surface area contributed by atoms with Gasteiger partial charge in [0.25, 0.3) is 0 Å². The molecule has 0 saturated carbocycles. The van der Waals surface area contributed by atoms with Crippen LogP contribution in [0.4, 0.5) is 16.2 Å². The highest BCUT2D eigenvalue weighted by Gasteiger charge is 2.02. The van der Waals surface area contributed by atoms with Crippen molar-refractivity contribution in [2.75, 3.05) is 10.6 Å². The van der Waals surface area contributed by atoms with Gasteiger partial charge in [-0.1, -0.05) is 11.6 Å². The van der Waals surface area contributed by atoms with Gasteiger partial charge in [0.15, 0.2) is 0 Å². The van der Waals surface area contributed by atoms with E-state index >= 15 is 0 Å². The third kappa shape index (κ3) is 3.46. The smallest absolute Gasteiger partial charge is 0.308 e. The van der Waals surface area contributed by atoms with Gasteiger partial charge >= 0.3 is 6.03 Å². The van der Waals surface area contributed by atoms with Crippen molar-refractivity contribution in [1.29, 1.82) is 0 Å². The molecule has 4 nitrogen and oxygen atoms in total. The highest BCUT2D eigenvalue weighted by Crippen LogP contribution is 2.14. The number of aromatic nitrogens is 1. The van der Waals surface area contributed by atoms with Crippen LogP contribution in [0.5, 0.6) is 0 Å². The Morgan fingerprint density at radius 1 is 1.11 bits per heavy atom. The minimum Gasteiger partial charge on any atom is -0.308 e. The van der Waals surface area contributed by atoms with Gasteiger partial charge in [-0.2, -0.15) is 0 Å². The summed E-state index contributed by atoms with van der Waals surface area (Å²) in [4.78, 5) is 15.8. The molecule has 2 aromatic rings. The van der Waals surface area contributed by atoms with Crippen LogP contribution >= 0.6 is 11.6 Å². The number of pyridine rings is 1. The Morgan fingerprint density at radius 2 is 1.78 bits per heavy atom. The molecule has 1 aromatic heterocycles. The Hall–Kier alpha value is -2.07. The topological polar surface area (TPSA) is 54.0 Å². The van der Waals surface area contributed by atoms with Crippen molar-refractivity contribution in [3.63, 3.8) is 0 Å². The molecular formula is C13H12ClN3O. The molecule has 1 aromatic carbocycles. The van der Waals surface area contributed by atoms with Crippen molar-refractivity contribution in [2.24, 2.45) is 0 Å². The molecule has 1 heterocycles. The molecule has 0 aliphatic heterocycles. The molecule has 0 aliphatic carbocycles. The van der Waals surface area contributed by atoms with Crippen molar-refractivity contribution in [1.82, 2.24) is 4.98 Å². The highest BCUT2D eigenvalue weighted by atomic mass is 35.5. The lowest BCUT2D eigenvalue weighted by Gasteiger charge is -2.07. The maximum Gasteiger partial charge on any atom is 0.323 e. The van der Waals surface area contributed by atoms with Gasteiger partial charge in [0.2, 0.25) is 0 Å². The molecule has 0 saturated heterocycles. The van der Waals surface area contributed by atoms with Crippen molar-refractivity contribution in [2.45, 2.75) is 6.92 Å². The van der Waals surface area contributed by atoms with E-state index in [1.807, 2.05) is 6.92 Å². The Morgan fingerprint density at radius 3 is 2.44 bits per heavy atom. The molecule has 92 valence electrons. The summed E-state index contributed by atoms with van der Waals surface area (Å²) in [6, 6.07) is 10.1. The molecule has 0 atom stereocenters. The van der Waals surface area contributed by atoms with Crippen LogP contribution in [0, 0.1) is 6.92 Å². The average molecular weight is 262 g/mol. The molecule has 0 fully saturated rings. The number of amides is 2. The van der Waals surface area contributed by atoms with Crippen molar-refractivity contribution < 1.29 is 4.79 Å². The average Bonchev–Trinajstić information content (AvgIpc) is 2.32. The number of hydrogen-bond donors (Lipinski definition) is 2. The number of aryl methyl sites for hydroxylation is 1. The summed E-state index contributed by atoms with van der Waals surface area (Å²) < 4.78 is 0. The predicted molar refractivity (Wildman–Crippen MR) is 73.1 cm³/mol. The van der Waals surface area contributed by atoms with E-state index in [-0.39, 0.29) is 6.03 Å². The fraction of sp³-hybridized carbons (Fsp3) is 0.0769. The number of anilines is 2. The number of carbonyl (C=O) groups excluding carboxylic acids is 1. The van der Waals surface area contributed by atoms with E-state index in [1.54, 1.807) is 42.6 Å². The largest absolute Gasteiger partial charge is 0.323 e. The van der Waals surface area contributed by atoms with Gasteiger partial charge in [0.05, 0.1) is 0 Å². The first-order chi connectivity index (χ1) is 8.63. The second kappa shape index (κ2) is 5.51. The number of rotatable bonds is 2. The SMILES string of the molecule is Cc1cc(NC(=O)Nc2ccc(Cl)cc2)ccn1. The van der Waals surface area contributed by atoms with E-state index < -0.39 is 0 Å². The molecule has 5 heteroatoms. The Labute approximate surface area is 110 Å². The number of benzene rings is 1. The molecule has 0 radical (unpaired) electrons. The van der Waals surface area contributed by atoms with E-state index in [0.717, 1.165) is 5.69 Å². The van der Waals surface area contributed by atoms with Gasteiger partial charge in [-0.3, -0.25) is 4.98 Å². The van der Waals surface area contributed by atoms with E-state index in [9.17, 15) is 4.79 Å². The van der Waals surface area contributed by atoms with Crippen molar-refractivity contribution in [3.8, 4) is 0 Å².